The third kappa shape index (κ3) is 4.07. The van der Waals surface area contributed by atoms with Crippen LogP contribution in [0.3, 0.4) is 0 Å². The van der Waals surface area contributed by atoms with Gasteiger partial charge in [-0.2, -0.15) is 0 Å². The van der Waals surface area contributed by atoms with Crippen LogP contribution in [0.2, 0.25) is 0 Å². The Labute approximate surface area is 131 Å². The van der Waals surface area contributed by atoms with E-state index in [2.05, 4.69) is 16.0 Å². The van der Waals surface area contributed by atoms with Crippen LogP contribution in [-0.4, -0.2) is 31.4 Å². The fourth-order valence-electron chi connectivity index (χ4n) is 2.61. The first-order valence-corrected chi connectivity index (χ1v) is 7.95. The molecule has 2 amide bonds. The van der Waals surface area contributed by atoms with Gasteiger partial charge in [0, 0.05) is 24.3 Å². The third-order valence-corrected chi connectivity index (χ3v) is 4.06. The van der Waals surface area contributed by atoms with Gasteiger partial charge in [-0.25, -0.2) is 0 Å². The topological polar surface area (TPSA) is 70.2 Å². The highest BCUT2D eigenvalue weighted by Gasteiger charge is 2.34. The molecule has 1 unspecified atom stereocenters. The molecule has 0 saturated carbocycles. The zero-order chi connectivity index (χ0) is 16.0. The van der Waals surface area contributed by atoms with E-state index in [0.717, 1.165) is 25.8 Å². The molecule has 3 N–H and O–H groups in total. The van der Waals surface area contributed by atoms with Gasteiger partial charge in [0.25, 0.3) is 5.91 Å². The van der Waals surface area contributed by atoms with Crippen LogP contribution >= 0.6 is 0 Å². The van der Waals surface area contributed by atoms with Crippen molar-refractivity contribution in [2.24, 2.45) is 5.41 Å². The molecular formula is C17H25N3O2. The number of rotatable bonds is 5. The Kier molecular flexibility index (Phi) is 5.55. The Morgan fingerprint density at radius 3 is 2.86 bits per heavy atom. The molecule has 2 rings (SSSR count). The zero-order valence-corrected chi connectivity index (χ0v) is 13.4. The largest absolute Gasteiger partial charge is 0.352 e. The maximum atomic E-state index is 12.5. The molecule has 0 radical (unpaired) electrons. The first-order valence-electron chi connectivity index (χ1n) is 7.95. The number of carbonyl (C=O) groups excluding carboxylic acids is 2. The lowest BCUT2D eigenvalue weighted by Gasteiger charge is -2.32. The summed E-state index contributed by atoms with van der Waals surface area (Å²) in [7, 11) is 0. The van der Waals surface area contributed by atoms with Crippen molar-refractivity contribution in [1.82, 2.24) is 10.6 Å². The highest BCUT2D eigenvalue weighted by molar-refractivity contribution is 5.98. The Morgan fingerprint density at radius 2 is 2.18 bits per heavy atom. The van der Waals surface area contributed by atoms with Crippen molar-refractivity contribution >= 4 is 17.5 Å². The van der Waals surface area contributed by atoms with Gasteiger partial charge in [0.05, 0.1) is 5.41 Å². The van der Waals surface area contributed by atoms with Crippen LogP contribution in [0.15, 0.2) is 24.3 Å². The third-order valence-electron chi connectivity index (χ3n) is 4.06. The van der Waals surface area contributed by atoms with Gasteiger partial charge in [0.15, 0.2) is 0 Å². The summed E-state index contributed by atoms with van der Waals surface area (Å²) >= 11 is 0. The van der Waals surface area contributed by atoms with Crippen molar-refractivity contribution < 1.29 is 9.59 Å². The van der Waals surface area contributed by atoms with E-state index in [4.69, 9.17) is 0 Å². The lowest BCUT2D eigenvalue weighted by atomic mass is 9.82. The summed E-state index contributed by atoms with van der Waals surface area (Å²) in [4.78, 5) is 24.5. The van der Waals surface area contributed by atoms with E-state index in [9.17, 15) is 9.59 Å². The van der Waals surface area contributed by atoms with Crippen LogP contribution in [0, 0.1) is 5.41 Å². The standard InChI is InChI=1S/C17H25N3O2/c1-3-9-19-15(21)13-6-4-7-14(11-13)20-16(22)17(2)8-5-10-18-12-17/h4,6-7,11,18H,3,5,8-10,12H2,1-2H3,(H,19,21)(H,20,22). The number of hydrogen-bond acceptors (Lipinski definition) is 3. The normalized spacial score (nSPS) is 21.2. The summed E-state index contributed by atoms with van der Waals surface area (Å²) in [5.74, 6) is -0.102. The van der Waals surface area contributed by atoms with Gasteiger partial charge in [-0.05, 0) is 50.9 Å². The monoisotopic (exact) mass is 303 g/mol. The van der Waals surface area contributed by atoms with Crippen molar-refractivity contribution in [2.75, 3.05) is 25.0 Å². The van der Waals surface area contributed by atoms with E-state index < -0.39 is 5.41 Å². The van der Waals surface area contributed by atoms with Gasteiger partial charge < -0.3 is 16.0 Å². The molecule has 0 aromatic heterocycles. The minimum absolute atomic E-state index is 0.00539. The molecule has 1 aromatic carbocycles. The molecule has 1 atom stereocenters. The smallest absolute Gasteiger partial charge is 0.251 e. The Balaban J connectivity index is 2.03. The van der Waals surface area contributed by atoms with Crippen molar-refractivity contribution in [1.29, 1.82) is 0 Å². The summed E-state index contributed by atoms with van der Waals surface area (Å²) in [5.41, 5.74) is 0.845. The molecule has 0 aliphatic carbocycles. The number of amides is 2. The molecule has 1 fully saturated rings. The Morgan fingerprint density at radius 1 is 1.36 bits per heavy atom. The lowest BCUT2D eigenvalue weighted by molar-refractivity contribution is -0.125. The molecule has 5 heteroatoms. The van der Waals surface area contributed by atoms with Crippen molar-refractivity contribution in [3.05, 3.63) is 29.8 Å². The second kappa shape index (κ2) is 7.40. The predicted molar refractivity (Wildman–Crippen MR) is 87.9 cm³/mol. The summed E-state index contributed by atoms with van der Waals surface area (Å²) < 4.78 is 0. The first kappa shape index (κ1) is 16.5. The number of carbonyl (C=O) groups is 2. The van der Waals surface area contributed by atoms with Crippen LogP contribution in [0.25, 0.3) is 0 Å². The van der Waals surface area contributed by atoms with Gasteiger partial charge >= 0.3 is 0 Å². The Bertz CT molecular complexity index is 536. The maximum Gasteiger partial charge on any atom is 0.251 e. The quantitative estimate of drug-likeness (QED) is 0.780. The van der Waals surface area contributed by atoms with Gasteiger partial charge in [0.2, 0.25) is 5.91 Å². The summed E-state index contributed by atoms with van der Waals surface area (Å²) in [6, 6.07) is 7.08. The second-order valence-electron chi connectivity index (χ2n) is 6.13. The van der Waals surface area contributed by atoms with Gasteiger partial charge in [-0.15, -0.1) is 0 Å². The van der Waals surface area contributed by atoms with Crippen LogP contribution in [-0.2, 0) is 4.79 Å². The fraction of sp³-hybridized carbons (Fsp3) is 0.529. The zero-order valence-electron chi connectivity index (χ0n) is 13.4. The molecule has 1 aromatic rings. The number of piperidine rings is 1. The summed E-state index contributed by atoms with van der Waals surface area (Å²) in [5, 5.41) is 9.05. The molecule has 0 spiro atoms. The number of hydrogen-bond donors (Lipinski definition) is 3. The van der Waals surface area contributed by atoms with Crippen molar-refractivity contribution in [3.8, 4) is 0 Å². The summed E-state index contributed by atoms with van der Waals surface area (Å²) in [6.45, 7) is 6.30. The van der Waals surface area contributed by atoms with Crippen LogP contribution in [0.1, 0.15) is 43.5 Å². The van der Waals surface area contributed by atoms with Crippen LogP contribution in [0.5, 0.6) is 0 Å². The van der Waals surface area contributed by atoms with E-state index in [1.54, 1.807) is 18.2 Å². The molecule has 5 nitrogen and oxygen atoms in total. The van der Waals surface area contributed by atoms with Crippen LogP contribution in [0.4, 0.5) is 5.69 Å². The molecule has 1 saturated heterocycles. The Hall–Kier alpha value is -1.88. The molecule has 1 aliphatic rings. The van der Waals surface area contributed by atoms with Crippen LogP contribution < -0.4 is 16.0 Å². The van der Waals surface area contributed by atoms with E-state index in [-0.39, 0.29) is 11.8 Å². The minimum Gasteiger partial charge on any atom is -0.352 e. The SMILES string of the molecule is CCCNC(=O)c1cccc(NC(=O)C2(C)CCCNC2)c1. The number of anilines is 1. The molecule has 1 aliphatic heterocycles. The fourth-order valence-corrected chi connectivity index (χ4v) is 2.61. The maximum absolute atomic E-state index is 12.5. The van der Waals surface area contributed by atoms with Crippen molar-refractivity contribution in [3.63, 3.8) is 0 Å². The summed E-state index contributed by atoms with van der Waals surface area (Å²) in [6.07, 6.45) is 2.78. The second-order valence-corrected chi connectivity index (χ2v) is 6.13. The molecule has 1 heterocycles. The van der Waals surface area contributed by atoms with E-state index >= 15 is 0 Å². The number of nitrogens with one attached hydrogen (secondary N) is 3. The average Bonchev–Trinajstić information content (AvgIpc) is 2.53. The van der Waals surface area contributed by atoms with E-state index in [1.807, 2.05) is 19.9 Å². The van der Waals surface area contributed by atoms with Gasteiger partial charge in [-0.1, -0.05) is 13.0 Å². The minimum atomic E-state index is -0.390. The lowest BCUT2D eigenvalue weighted by Crippen LogP contribution is -2.46. The van der Waals surface area contributed by atoms with Gasteiger partial charge in [0.1, 0.15) is 0 Å². The van der Waals surface area contributed by atoms with Gasteiger partial charge in [-0.3, -0.25) is 9.59 Å². The highest BCUT2D eigenvalue weighted by Crippen LogP contribution is 2.27. The van der Waals surface area contributed by atoms with E-state index in [1.165, 1.54) is 0 Å². The molecule has 0 bridgehead atoms. The molecular weight excluding hydrogens is 278 g/mol. The number of benzene rings is 1. The molecule has 120 valence electrons. The van der Waals surface area contributed by atoms with Crippen molar-refractivity contribution in [2.45, 2.75) is 33.1 Å². The average molecular weight is 303 g/mol. The highest BCUT2D eigenvalue weighted by atomic mass is 16.2. The first-order chi connectivity index (χ1) is 10.5. The predicted octanol–water partition coefficient (Wildman–Crippen LogP) is 2.15. The molecule has 22 heavy (non-hydrogen) atoms. The van der Waals surface area contributed by atoms with E-state index in [0.29, 0.717) is 24.3 Å².